The summed E-state index contributed by atoms with van der Waals surface area (Å²) in [6.45, 7) is 3.66. The van der Waals surface area contributed by atoms with Gasteiger partial charge in [0.15, 0.2) is 0 Å². The van der Waals surface area contributed by atoms with E-state index in [9.17, 15) is 4.21 Å². The van der Waals surface area contributed by atoms with Gasteiger partial charge in [-0.2, -0.15) is 0 Å². The van der Waals surface area contributed by atoms with Crippen molar-refractivity contribution >= 4 is 22.4 Å². The van der Waals surface area contributed by atoms with Crippen LogP contribution >= 0.6 is 11.6 Å². The Kier molecular flexibility index (Phi) is 3.89. The fourth-order valence-electron chi connectivity index (χ4n) is 1.75. The molecule has 1 N–H and O–H groups in total. The minimum Gasteiger partial charge on any atom is -0.317 e. The predicted octanol–water partition coefficient (Wildman–Crippen LogP) is 1.30. The molecular weight excluding hydrogens is 246 g/mol. The molecule has 0 aromatic carbocycles. The lowest BCUT2D eigenvalue weighted by Crippen LogP contribution is -2.33. The summed E-state index contributed by atoms with van der Waals surface area (Å²) in [4.78, 5) is 8.24. The van der Waals surface area contributed by atoms with Crippen molar-refractivity contribution in [2.45, 2.75) is 30.2 Å². The minimum atomic E-state index is -1.14. The van der Waals surface area contributed by atoms with Crippen LogP contribution in [0.4, 0.5) is 0 Å². The average Bonchev–Trinajstić information content (AvgIpc) is 2.28. The second-order valence-corrected chi connectivity index (χ2v) is 5.88. The van der Waals surface area contributed by atoms with Crippen molar-refractivity contribution in [1.82, 2.24) is 15.3 Å². The Balaban J connectivity index is 2.19. The molecule has 1 saturated heterocycles. The summed E-state index contributed by atoms with van der Waals surface area (Å²) >= 11 is 5.84. The van der Waals surface area contributed by atoms with Crippen LogP contribution in [-0.4, -0.2) is 32.5 Å². The molecule has 88 valence electrons. The molecular formula is C10H14ClN3OS. The van der Waals surface area contributed by atoms with Crippen LogP contribution in [-0.2, 0) is 10.8 Å². The quantitative estimate of drug-likeness (QED) is 0.643. The standard InChI is InChI=1S/C10H14ClN3OS/c1-7-6-9(11)14-10(13-7)16(15)8-2-4-12-5-3-8/h6,8,12H,2-5H2,1H3/t16-/m1/s1. The number of hydrogen-bond acceptors (Lipinski definition) is 4. The van der Waals surface area contributed by atoms with E-state index < -0.39 is 10.8 Å². The highest BCUT2D eigenvalue weighted by atomic mass is 35.5. The summed E-state index contributed by atoms with van der Waals surface area (Å²) in [6, 6.07) is 1.67. The van der Waals surface area contributed by atoms with Crippen LogP contribution in [0.1, 0.15) is 18.5 Å². The fourth-order valence-corrected chi connectivity index (χ4v) is 3.43. The lowest BCUT2D eigenvalue weighted by molar-refractivity contribution is 0.517. The summed E-state index contributed by atoms with van der Waals surface area (Å²) in [5, 5.41) is 4.13. The highest BCUT2D eigenvalue weighted by Crippen LogP contribution is 2.17. The molecule has 2 heterocycles. The molecule has 1 aliphatic heterocycles. The van der Waals surface area contributed by atoms with E-state index >= 15 is 0 Å². The third kappa shape index (κ3) is 2.78. The molecule has 4 nitrogen and oxygen atoms in total. The number of piperidine rings is 1. The van der Waals surface area contributed by atoms with E-state index in [0.29, 0.717) is 10.3 Å². The summed E-state index contributed by atoms with van der Waals surface area (Å²) in [5.41, 5.74) is 0.761. The first-order chi connectivity index (χ1) is 7.66. The third-order valence-corrected chi connectivity index (χ3v) is 4.38. The van der Waals surface area contributed by atoms with Gasteiger partial charge >= 0.3 is 0 Å². The molecule has 0 bridgehead atoms. The molecule has 1 atom stereocenters. The van der Waals surface area contributed by atoms with Crippen LogP contribution in [0.15, 0.2) is 11.2 Å². The number of halogens is 1. The van der Waals surface area contributed by atoms with Gasteiger partial charge in [0.05, 0.1) is 10.8 Å². The predicted molar refractivity (Wildman–Crippen MR) is 64.1 cm³/mol. The van der Waals surface area contributed by atoms with E-state index in [1.165, 1.54) is 0 Å². The van der Waals surface area contributed by atoms with E-state index in [1.54, 1.807) is 6.07 Å². The summed E-state index contributed by atoms with van der Waals surface area (Å²) in [6.07, 6.45) is 1.81. The second-order valence-electron chi connectivity index (χ2n) is 3.86. The maximum Gasteiger partial charge on any atom is 0.220 e. The fraction of sp³-hybridized carbons (Fsp3) is 0.600. The van der Waals surface area contributed by atoms with Crippen molar-refractivity contribution < 1.29 is 4.21 Å². The summed E-state index contributed by atoms with van der Waals surface area (Å²) in [7, 11) is -1.14. The number of rotatable bonds is 2. The van der Waals surface area contributed by atoms with Gasteiger partial charge in [-0.15, -0.1) is 0 Å². The number of nitrogens with one attached hydrogen (secondary N) is 1. The van der Waals surface area contributed by atoms with Crippen molar-refractivity contribution in [2.75, 3.05) is 13.1 Å². The monoisotopic (exact) mass is 259 g/mol. The van der Waals surface area contributed by atoms with Crippen molar-refractivity contribution in [3.8, 4) is 0 Å². The van der Waals surface area contributed by atoms with E-state index in [4.69, 9.17) is 11.6 Å². The van der Waals surface area contributed by atoms with Gasteiger partial charge in [-0.1, -0.05) is 11.6 Å². The highest BCUT2D eigenvalue weighted by Gasteiger charge is 2.23. The zero-order valence-electron chi connectivity index (χ0n) is 9.07. The molecule has 0 aliphatic carbocycles. The molecule has 0 radical (unpaired) electrons. The Hall–Kier alpha value is -0.520. The topological polar surface area (TPSA) is 54.9 Å². The molecule has 1 fully saturated rings. The molecule has 1 aromatic rings. The Labute approximate surface area is 102 Å². The van der Waals surface area contributed by atoms with Gasteiger partial charge in [0.25, 0.3) is 0 Å². The molecule has 0 unspecified atom stereocenters. The molecule has 1 aromatic heterocycles. The van der Waals surface area contributed by atoms with Crippen molar-refractivity contribution in [1.29, 1.82) is 0 Å². The van der Waals surface area contributed by atoms with Gasteiger partial charge < -0.3 is 5.32 Å². The smallest absolute Gasteiger partial charge is 0.220 e. The Bertz CT molecular complexity index is 387. The first-order valence-electron chi connectivity index (χ1n) is 5.29. The van der Waals surface area contributed by atoms with Gasteiger partial charge in [0, 0.05) is 10.9 Å². The van der Waals surface area contributed by atoms with Crippen LogP contribution < -0.4 is 5.32 Å². The highest BCUT2D eigenvalue weighted by molar-refractivity contribution is 7.85. The molecule has 0 amide bonds. The second kappa shape index (κ2) is 5.21. The molecule has 2 rings (SSSR count). The molecule has 0 spiro atoms. The first kappa shape index (κ1) is 12.0. The Morgan fingerprint density at radius 1 is 1.44 bits per heavy atom. The number of nitrogens with zero attached hydrogens (tertiary/aromatic N) is 2. The van der Waals surface area contributed by atoms with E-state index in [-0.39, 0.29) is 5.25 Å². The van der Waals surface area contributed by atoms with Gasteiger partial charge in [-0.05, 0) is 38.9 Å². The minimum absolute atomic E-state index is 0.152. The maximum absolute atomic E-state index is 12.2. The zero-order valence-corrected chi connectivity index (χ0v) is 10.6. The van der Waals surface area contributed by atoms with Crippen LogP contribution in [0.5, 0.6) is 0 Å². The van der Waals surface area contributed by atoms with E-state index in [2.05, 4.69) is 15.3 Å². The van der Waals surface area contributed by atoms with Crippen LogP contribution in [0.25, 0.3) is 0 Å². The van der Waals surface area contributed by atoms with Crippen molar-refractivity contribution in [2.24, 2.45) is 0 Å². The van der Waals surface area contributed by atoms with Gasteiger partial charge in [0.2, 0.25) is 5.16 Å². The Morgan fingerprint density at radius 2 is 2.12 bits per heavy atom. The van der Waals surface area contributed by atoms with Crippen LogP contribution in [0.2, 0.25) is 5.15 Å². The largest absolute Gasteiger partial charge is 0.317 e. The Morgan fingerprint density at radius 3 is 2.75 bits per heavy atom. The summed E-state index contributed by atoms with van der Waals surface area (Å²) in [5.74, 6) is 0. The normalized spacial score (nSPS) is 19.6. The van der Waals surface area contributed by atoms with Gasteiger partial charge in [0.1, 0.15) is 5.15 Å². The number of hydrogen-bond donors (Lipinski definition) is 1. The third-order valence-electron chi connectivity index (χ3n) is 2.57. The number of aromatic nitrogens is 2. The lowest BCUT2D eigenvalue weighted by Gasteiger charge is -2.21. The molecule has 6 heteroatoms. The average molecular weight is 260 g/mol. The van der Waals surface area contributed by atoms with Gasteiger partial charge in [-0.25, -0.2) is 9.97 Å². The molecule has 1 aliphatic rings. The van der Waals surface area contributed by atoms with Crippen molar-refractivity contribution in [3.63, 3.8) is 0 Å². The first-order valence-corrected chi connectivity index (χ1v) is 6.88. The lowest BCUT2D eigenvalue weighted by atomic mass is 10.2. The number of aryl methyl sites for hydroxylation is 1. The van der Waals surface area contributed by atoms with Crippen molar-refractivity contribution in [3.05, 3.63) is 16.9 Å². The molecule has 0 saturated carbocycles. The van der Waals surface area contributed by atoms with Crippen LogP contribution in [0.3, 0.4) is 0 Å². The van der Waals surface area contributed by atoms with E-state index in [1.807, 2.05) is 6.92 Å². The van der Waals surface area contributed by atoms with Gasteiger partial charge in [-0.3, -0.25) is 4.21 Å². The molecule has 16 heavy (non-hydrogen) atoms. The SMILES string of the molecule is Cc1cc(Cl)nc([S@](=O)C2CCNCC2)n1. The van der Waals surface area contributed by atoms with E-state index in [0.717, 1.165) is 31.6 Å². The zero-order chi connectivity index (χ0) is 11.5. The van der Waals surface area contributed by atoms with Crippen LogP contribution in [0, 0.1) is 6.92 Å². The summed E-state index contributed by atoms with van der Waals surface area (Å²) < 4.78 is 12.2. The maximum atomic E-state index is 12.2.